The van der Waals surface area contributed by atoms with E-state index in [9.17, 15) is 0 Å². The van der Waals surface area contributed by atoms with Gasteiger partial charge in [0.05, 0.1) is 16.2 Å². The molecule has 3 N–H and O–H groups in total. The Kier molecular flexibility index (Phi) is 2.95. The second kappa shape index (κ2) is 4.23. The minimum absolute atomic E-state index is 0.123. The summed E-state index contributed by atoms with van der Waals surface area (Å²) in [6.45, 7) is 0. The minimum atomic E-state index is -0.123. The number of benzene rings is 1. The summed E-state index contributed by atoms with van der Waals surface area (Å²) in [6, 6.07) is 5.27. The Hall–Kier alpha value is -1.03. The van der Waals surface area contributed by atoms with Crippen LogP contribution in [-0.2, 0) is 0 Å². The van der Waals surface area contributed by atoms with E-state index >= 15 is 0 Å². The Morgan fingerprint density at radius 2 is 2.07 bits per heavy atom. The highest BCUT2D eigenvalue weighted by molar-refractivity contribution is 6.42. The molecule has 0 saturated carbocycles. The summed E-state index contributed by atoms with van der Waals surface area (Å²) in [5.41, 5.74) is 4.93. The number of rotatable bonds is 2. The maximum Gasteiger partial charge on any atom is 0.186 e. The van der Waals surface area contributed by atoms with Crippen LogP contribution in [0.15, 0.2) is 35.2 Å². The highest BCUT2D eigenvalue weighted by atomic mass is 35.5. The molecule has 0 fully saturated rings. The van der Waals surface area contributed by atoms with Gasteiger partial charge in [-0.1, -0.05) is 29.3 Å². The fourth-order valence-electron chi connectivity index (χ4n) is 1.29. The van der Waals surface area contributed by atoms with Gasteiger partial charge in [-0.3, -0.25) is 0 Å². The molecule has 0 radical (unpaired) electrons. The number of halogens is 2. The van der Waals surface area contributed by atoms with E-state index in [1.807, 2.05) is 6.07 Å². The van der Waals surface area contributed by atoms with Crippen molar-refractivity contribution in [2.24, 2.45) is 0 Å². The topological polar surface area (TPSA) is 53.7 Å². The van der Waals surface area contributed by atoms with Crippen LogP contribution in [0.25, 0.3) is 0 Å². The SMILES string of the molecule is [NH3+]C(c1ccc(Cl)c(Cl)c1)c1cnco1. The standard InChI is InChI=1S/C10H8Cl2N2O/c11-7-2-1-6(3-8(7)12)10(13)9-4-14-5-15-9/h1-5,10H,13H2/p+1. The van der Waals surface area contributed by atoms with E-state index in [2.05, 4.69) is 10.7 Å². The van der Waals surface area contributed by atoms with Gasteiger partial charge in [0.2, 0.25) is 0 Å². The number of aromatic nitrogens is 1. The largest absolute Gasteiger partial charge is 0.442 e. The fraction of sp³-hybridized carbons (Fsp3) is 0.100. The van der Waals surface area contributed by atoms with Gasteiger partial charge >= 0.3 is 0 Å². The molecular formula is C10H9Cl2N2O+. The van der Waals surface area contributed by atoms with E-state index in [-0.39, 0.29) is 6.04 Å². The first-order valence-corrected chi connectivity index (χ1v) is 5.10. The highest BCUT2D eigenvalue weighted by Crippen LogP contribution is 2.26. The van der Waals surface area contributed by atoms with Crippen LogP contribution in [-0.4, -0.2) is 4.98 Å². The lowest BCUT2D eigenvalue weighted by atomic mass is 10.1. The zero-order chi connectivity index (χ0) is 10.8. The molecule has 0 bridgehead atoms. The highest BCUT2D eigenvalue weighted by Gasteiger charge is 2.16. The molecule has 78 valence electrons. The quantitative estimate of drug-likeness (QED) is 0.881. The molecule has 5 heteroatoms. The van der Waals surface area contributed by atoms with Crippen molar-refractivity contribution in [3.8, 4) is 0 Å². The van der Waals surface area contributed by atoms with Gasteiger partial charge in [-0.05, 0) is 12.1 Å². The molecule has 0 amide bonds. The van der Waals surface area contributed by atoms with Crippen LogP contribution in [0.2, 0.25) is 10.0 Å². The van der Waals surface area contributed by atoms with Crippen LogP contribution in [0.5, 0.6) is 0 Å². The molecule has 2 rings (SSSR count). The second-order valence-corrected chi connectivity index (χ2v) is 3.94. The van der Waals surface area contributed by atoms with E-state index in [0.717, 1.165) is 5.56 Å². The Morgan fingerprint density at radius 3 is 2.67 bits per heavy atom. The Morgan fingerprint density at radius 1 is 1.27 bits per heavy atom. The van der Waals surface area contributed by atoms with Crippen molar-refractivity contribution < 1.29 is 10.2 Å². The molecule has 0 spiro atoms. The summed E-state index contributed by atoms with van der Waals surface area (Å²) >= 11 is 11.7. The maximum absolute atomic E-state index is 5.91. The van der Waals surface area contributed by atoms with Crippen molar-refractivity contribution in [3.63, 3.8) is 0 Å². The molecule has 0 aliphatic heterocycles. The number of nitrogens with zero attached hydrogens (tertiary/aromatic N) is 1. The fourth-order valence-corrected chi connectivity index (χ4v) is 1.60. The molecule has 1 heterocycles. The third kappa shape index (κ3) is 2.15. The van der Waals surface area contributed by atoms with Gasteiger partial charge in [0.15, 0.2) is 18.2 Å². The number of hydrogen-bond acceptors (Lipinski definition) is 2. The van der Waals surface area contributed by atoms with Crippen LogP contribution in [0.1, 0.15) is 17.4 Å². The summed E-state index contributed by atoms with van der Waals surface area (Å²) < 4.78 is 5.17. The van der Waals surface area contributed by atoms with Crippen LogP contribution >= 0.6 is 23.2 Å². The summed E-state index contributed by atoms with van der Waals surface area (Å²) in [7, 11) is 0. The first-order chi connectivity index (χ1) is 7.18. The maximum atomic E-state index is 5.91. The molecule has 15 heavy (non-hydrogen) atoms. The molecule has 2 aromatic rings. The minimum Gasteiger partial charge on any atom is -0.442 e. The molecule has 3 nitrogen and oxygen atoms in total. The number of hydrogen-bond donors (Lipinski definition) is 1. The number of quaternary nitrogens is 1. The zero-order valence-electron chi connectivity index (χ0n) is 7.78. The molecule has 1 aromatic heterocycles. The van der Waals surface area contributed by atoms with E-state index in [1.165, 1.54) is 6.39 Å². The molecule has 1 atom stereocenters. The second-order valence-electron chi connectivity index (χ2n) is 3.13. The van der Waals surface area contributed by atoms with Crippen LogP contribution in [0, 0.1) is 0 Å². The third-order valence-corrected chi connectivity index (χ3v) is 2.88. The monoisotopic (exact) mass is 243 g/mol. The third-order valence-electron chi connectivity index (χ3n) is 2.14. The Balaban J connectivity index is 2.34. The van der Waals surface area contributed by atoms with Gasteiger partial charge in [0.25, 0.3) is 0 Å². The van der Waals surface area contributed by atoms with Gasteiger partial charge in [-0.2, -0.15) is 0 Å². The van der Waals surface area contributed by atoms with E-state index in [4.69, 9.17) is 27.6 Å². The smallest absolute Gasteiger partial charge is 0.186 e. The first-order valence-electron chi connectivity index (χ1n) is 4.35. The lowest BCUT2D eigenvalue weighted by molar-refractivity contribution is -0.415. The predicted molar refractivity (Wildman–Crippen MR) is 57.7 cm³/mol. The van der Waals surface area contributed by atoms with Crippen LogP contribution in [0.3, 0.4) is 0 Å². The van der Waals surface area contributed by atoms with Crippen molar-refractivity contribution in [1.29, 1.82) is 0 Å². The first kappa shape index (κ1) is 10.5. The molecule has 0 saturated heterocycles. The van der Waals surface area contributed by atoms with Crippen molar-refractivity contribution >= 4 is 23.2 Å². The van der Waals surface area contributed by atoms with E-state index in [1.54, 1.807) is 18.3 Å². The molecule has 0 aliphatic rings. The van der Waals surface area contributed by atoms with Gasteiger partial charge in [0, 0.05) is 5.56 Å². The average Bonchev–Trinajstić information content (AvgIpc) is 2.74. The van der Waals surface area contributed by atoms with Crippen LogP contribution < -0.4 is 5.73 Å². The summed E-state index contributed by atoms with van der Waals surface area (Å²) in [4.78, 5) is 3.84. The summed E-state index contributed by atoms with van der Waals surface area (Å²) in [5, 5.41) is 1.05. The lowest BCUT2D eigenvalue weighted by Gasteiger charge is -2.06. The van der Waals surface area contributed by atoms with Gasteiger partial charge in [0.1, 0.15) is 0 Å². The van der Waals surface area contributed by atoms with Gasteiger partial charge in [-0.25, -0.2) is 4.98 Å². The predicted octanol–water partition coefficient (Wildman–Crippen LogP) is 2.31. The Bertz CT molecular complexity index is 456. The molecular weight excluding hydrogens is 235 g/mol. The van der Waals surface area contributed by atoms with E-state index < -0.39 is 0 Å². The molecule has 0 aliphatic carbocycles. The number of oxazole rings is 1. The molecule has 1 unspecified atom stereocenters. The van der Waals surface area contributed by atoms with Gasteiger partial charge < -0.3 is 10.2 Å². The van der Waals surface area contributed by atoms with Crippen LogP contribution in [0.4, 0.5) is 0 Å². The van der Waals surface area contributed by atoms with Crippen molar-refractivity contribution in [2.75, 3.05) is 0 Å². The summed E-state index contributed by atoms with van der Waals surface area (Å²) in [5.74, 6) is 0.702. The van der Waals surface area contributed by atoms with Gasteiger partial charge in [-0.15, -0.1) is 0 Å². The molecule has 1 aromatic carbocycles. The normalized spacial score (nSPS) is 12.7. The Labute approximate surface area is 96.8 Å². The van der Waals surface area contributed by atoms with Crippen molar-refractivity contribution in [1.82, 2.24) is 4.98 Å². The van der Waals surface area contributed by atoms with Crippen molar-refractivity contribution in [2.45, 2.75) is 6.04 Å². The van der Waals surface area contributed by atoms with E-state index in [0.29, 0.717) is 15.8 Å². The summed E-state index contributed by atoms with van der Waals surface area (Å²) in [6.07, 6.45) is 3.02. The lowest BCUT2D eigenvalue weighted by Crippen LogP contribution is -2.53. The van der Waals surface area contributed by atoms with Crippen molar-refractivity contribution in [3.05, 3.63) is 52.2 Å². The average molecular weight is 244 g/mol. The zero-order valence-corrected chi connectivity index (χ0v) is 9.29.